The molecule has 0 amide bonds. The first-order valence-corrected chi connectivity index (χ1v) is 14.4. The molecule has 2 heterocycles. The first kappa shape index (κ1) is 27.5. The number of pyridine rings is 2. The van der Waals surface area contributed by atoms with Gasteiger partial charge in [-0.3, -0.25) is 0 Å². The second kappa shape index (κ2) is 10.6. The van der Waals surface area contributed by atoms with Crippen LogP contribution in [0.5, 0.6) is 23.3 Å². The molecule has 0 aliphatic carbocycles. The Morgan fingerprint density at radius 2 is 0.833 bits per heavy atom. The van der Waals surface area contributed by atoms with Gasteiger partial charge in [-0.05, 0) is 44.9 Å². The molecule has 0 saturated carbocycles. The van der Waals surface area contributed by atoms with Crippen molar-refractivity contribution >= 4 is 21.5 Å². The van der Waals surface area contributed by atoms with Crippen LogP contribution in [-0.4, -0.2) is 9.97 Å². The molecule has 210 valence electrons. The Morgan fingerprint density at radius 3 is 1.21 bits per heavy atom. The van der Waals surface area contributed by atoms with Crippen molar-refractivity contribution in [2.75, 3.05) is 0 Å². The maximum atomic E-state index is 6.50. The zero-order valence-corrected chi connectivity index (χ0v) is 25.1. The van der Waals surface area contributed by atoms with Crippen molar-refractivity contribution in [2.45, 2.75) is 52.4 Å². The number of hydrogen-bond donors (Lipinski definition) is 0. The van der Waals surface area contributed by atoms with E-state index in [4.69, 9.17) is 9.47 Å². The normalized spacial score (nSPS) is 12.0. The second-order valence-electron chi connectivity index (χ2n) is 12.9. The fourth-order valence-electron chi connectivity index (χ4n) is 5.28. The summed E-state index contributed by atoms with van der Waals surface area (Å²) in [5.74, 6) is 2.74. The molecule has 0 radical (unpaired) electrons. The predicted molar refractivity (Wildman–Crippen MR) is 173 cm³/mol. The van der Waals surface area contributed by atoms with Crippen LogP contribution in [0.2, 0.25) is 0 Å². The Labute approximate surface area is 248 Å². The van der Waals surface area contributed by atoms with Crippen LogP contribution < -0.4 is 9.47 Å². The lowest BCUT2D eigenvalue weighted by Gasteiger charge is -2.25. The van der Waals surface area contributed by atoms with E-state index in [0.717, 1.165) is 55.3 Å². The minimum atomic E-state index is -0.114. The molecular weight excluding hydrogens is 516 g/mol. The lowest BCUT2D eigenvalue weighted by Crippen LogP contribution is -2.13. The maximum Gasteiger partial charge on any atom is 0.219 e. The van der Waals surface area contributed by atoms with Crippen molar-refractivity contribution in [1.82, 2.24) is 9.97 Å². The highest BCUT2D eigenvalue weighted by Crippen LogP contribution is 2.41. The second-order valence-corrected chi connectivity index (χ2v) is 12.9. The monoisotopic (exact) mass is 552 g/mol. The summed E-state index contributed by atoms with van der Waals surface area (Å²) < 4.78 is 13.0. The molecule has 0 unspecified atom stereocenters. The molecule has 42 heavy (non-hydrogen) atoms. The molecule has 2 aromatic heterocycles. The molecule has 4 heteroatoms. The van der Waals surface area contributed by atoms with Gasteiger partial charge in [-0.2, -0.15) is 0 Å². The molecule has 0 saturated heterocycles. The summed E-state index contributed by atoms with van der Waals surface area (Å²) in [6.07, 6.45) is 3.72. The molecule has 0 aliphatic heterocycles. The van der Waals surface area contributed by atoms with E-state index in [1.807, 2.05) is 48.8 Å². The molecule has 4 aromatic carbocycles. The minimum Gasteiger partial charge on any atom is -0.439 e. The number of ether oxygens (including phenoxy) is 2. The van der Waals surface area contributed by atoms with E-state index >= 15 is 0 Å². The third kappa shape index (κ3) is 5.71. The number of aromatic nitrogens is 2. The van der Waals surface area contributed by atoms with E-state index in [9.17, 15) is 0 Å². The van der Waals surface area contributed by atoms with Gasteiger partial charge >= 0.3 is 0 Å². The average molecular weight is 553 g/mol. The molecule has 4 nitrogen and oxygen atoms in total. The van der Waals surface area contributed by atoms with Crippen LogP contribution >= 0.6 is 0 Å². The zero-order valence-electron chi connectivity index (χ0n) is 25.1. The van der Waals surface area contributed by atoms with E-state index in [2.05, 4.69) is 112 Å². The Bertz CT molecular complexity index is 1770. The van der Waals surface area contributed by atoms with Gasteiger partial charge in [0.2, 0.25) is 11.8 Å². The van der Waals surface area contributed by atoms with E-state index in [-0.39, 0.29) is 10.8 Å². The van der Waals surface area contributed by atoms with Crippen molar-refractivity contribution in [3.63, 3.8) is 0 Å². The van der Waals surface area contributed by atoms with E-state index in [1.54, 1.807) is 0 Å². The fraction of sp³-hybridized carbons (Fsp3) is 0.211. The third-order valence-corrected chi connectivity index (χ3v) is 7.55. The van der Waals surface area contributed by atoms with Gasteiger partial charge in [0.05, 0.1) is 0 Å². The van der Waals surface area contributed by atoms with Crippen LogP contribution in [0.4, 0.5) is 0 Å². The summed E-state index contributed by atoms with van der Waals surface area (Å²) in [4.78, 5) is 9.20. The van der Waals surface area contributed by atoms with Gasteiger partial charge in [-0.25, -0.2) is 9.97 Å². The van der Waals surface area contributed by atoms with Gasteiger partial charge in [0, 0.05) is 46.4 Å². The number of nitrogens with zero attached hydrogens (tertiary/aromatic N) is 2. The Kier molecular flexibility index (Phi) is 6.94. The molecule has 0 atom stereocenters. The van der Waals surface area contributed by atoms with Crippen molar-refractivity contribution in [2.24, 2.45) is 0 Å². The lowest BCUT2D eigenvalue weighted by atomic mass is 9.84. The summed E-state index contributed by atoms with van der Waals surface area (Å²) in [6, 6.07) is 33.2. The highest BCUT2D eigenvalue weighted by molar-refractivity contribution is 5.83. The fourth-order valence-corrected chi connectivity index (χ4v) is 5.28. The van der Waals surface area contributed by atoms with Crippen molar-refractivity contribution in [1.29, 1.82) is 0 Å². The van der Waals surface area contributed by atoms with Crippen LogP contribution in [0.1, 0.15) is 52.7 Å². The largest absolute Gasteiger partial charge is 0.439 e. The quantitative estimate of drug-likeness (QED) is 0.213. The van der Waals surface area contributed by atoms with E-state index in [0.29, 0.717) is 11.8 Å². The Balaban J connectivity index is 1.41. The summed E-state index contributed by atoms with van der Waals surface area (Å²) in [7, 11) is 0. The van der Waals surface area contributed by atoms with Crippen molar-refractivity contribution in [3.05, 3.63) is 121 Å². The zero-order chi connectivity index (χ0) is 29.5. The predicted octanol–water partition coefficient (Wildman–Crippen LogP) is 10.6. The van der Waals surface area contributed by atoms with Gasteiger partial charge < -0.3 is 9.47 Å². The molecule has 0 fully saturated rings. The highest BCUT2D eigenvalue weighted by Gasteiger charge is 2.23. The van der Waals surface area contributed by atoms with Gasteiger partial charge in [0.1, 0.15) is 11.5 Å². The minimum absolute atomic E-state index is 0.114. The molecule has 0 N–H and O–H groups in total. The molecule has 0 bridgehead atoms. The van der Waals surface area contributed by atoms with Gasteiger partial charge in [0.15, 0.2) is 0 Å². The average Bonchev–Trinajstić information content (AvgIpc) is 2.96. The molecule has 0 aliphatic rings. The molecule has 6 rings (SSSR count). The topological polar surface area (TPSA) is 44.2 Å². The highest BCUT2D eigenvalue weighted by atomic mass is 16.5. The van der Waals surface area contributed by atoms with Crippen LogP contribution in [0.3, 0.4) is 0 Å². The van der Waals surface area contributed by atoms with E-state index < -0.39 is 0 Å². The smallest absolute Gasteiger partial charge is 0.219 e. The number of rotatable bonds is 5. The molecular formula is C38H36N2O2. The molecule has 0 spiro atoms. The summed E-state index contributed by atoms with van der Waals surface area (Å²) >= 11 is 0. The summed E-state index contributed by atoms with van der Waals surface area (Å²) in [5.41, 5.74) is 4.08. The van der Waals surface area contributed by atoms with Gasteiger partial charge in [-0.15, -0.1) is 0 Å². The first-order valence-electron chi connectivity index (χ1n) is 14.4. The SMILES string of the molecule is CC(C)(C)c1ccc(-c2ccc(C(C)(C)C)c(Oc3cc4ccccc4cn3)c2)cc1Oc1cc2ccccc2cn1. The Hall–Kier alpha value is -4.70. The Morgan fingerprint density at radius 1 is 0.452 bits per heavy atom. The van der Waals surface area contributed by atoms with Crippen LogP contribution in [0, 0.1) is 0 Å². The standard InChI is InChI=1S/C38H36N2O2/c1-37(2,3)31-17-15-27(19-33(31)41-35-21-25-11-7-9-13-29(25)23-39-35)28-16-18-32(38(4,5)6)34(20-28)42-36-22-26-12-8-10-14-30(26)24-40-36/h7-24H,1-6H3. The summed E-state index contributed by atoms with van der Waals surface area (Å²) in [6.45, 7) is 13.2. The van der Waals surface area contributed by atoms with Crippen LogP contribution in [-0.2, 0) is 10.8 Å². The van der Waals surface area contributed by atoms with Crippen LogP contribution in [0.15, 0.2) is 109 Å². The third-order valence-electron chi connectivity index (χ3n) is 7.55. The van der Waals surface area contributed by atoms with Crippen molar-refractivity contribution < 1.29 is 9.47 Å². The van der Waals surface area contributed by atoms with Gasteiger partial charge in [-0.1, -0.05) is 114 Å². The van der Waals surface area contributed by atoms with Crippen LogP contribution in [0.25, 0.3) is 32.7 Å². The number of benzene rings is 4. The van der Waals surface area contributed by atoms with Gasteiger partial charge in [0.25, 0.3) is 0 Å². The van der Waals surface area contributed by atoms with E-state index in [1.165, 1.54) is 0 Å². The first-order chi connectivity index (χ1) is 20.0. The lowest BCUT2D eigenvalue weighted by molar-refractivity contribution is 0.439. The maximum absolute atomic E-state index is 6.50. The molecule has 6 aromatic rings. The number of hydrogen-bond acceptors (Lipinski definition) is 4. The number of fused-ring (bicyclic) bond motifs is 2. The summed E-state index contributed by atoms with van der Waals surface area (Å²) in [5, 5.41) is 4.36. The van der Waals surface area contributed by atoms with Crippen molar-refractivity contribution in [3.8, 4) is 34.4 Å².